The van der Waals surface area contributed by atoms with Crippen LogP contribution in [-0.2, 0) is 4.74 Å². The summed E-state index contributed by atoms with van der Waals surface area (Å²) >= 11 is 0. The van der Waals surface area contributed by atoms with Crippen LogP contribution >= 0.6 is 0 Å². The van der Waals surface area contributed by atoms with Crippen molar-refractivity contribution in [2.24, 2.45) is 11.3 Å². The predicted octanol–water partition coefficient (Wildman–Crippen LogP) is 5.17. The van der Waals surface area contributed by atoms with Gasteiger partial charge in [-0.25, -0.2) is 0 Å². The highest BCUT2D eigenvalue weighted by molar-refractivity contribution is 4.90. The number of hydrogen-bond donors (Lipinski definition) is 1. The standard InChI is InChI=1S/C19H39NO/c1-7-8-9-17-10-12-19(13-11-17,14-16(2)21-6)15-20-18(3,4)5/h16-17,20H,7-15H2,1-6H3. The van der Waals surface area contributed by atoms with Gasteiger partial charge in [0.25, 0.3) is 0 Å². The fraction of sp³-hybridized carbons (Fsp3) is 1.00. The first-order chi connectivity index (χ1) is 9.80. The Hall–Kier alpha value is -0.0800. The molecule has 1 saturated carbocycles. The molecule has 1 unspecified atom stereocenters. The zero-order chi connectivity index (χ0) is 15.9. The Labute approximate surface area is 133 Å². The molecule has 0 aromatic carbocycles. The Balaban J connectivity index is 2.58. The molecule has 0 saturated heterocycles. The lowest BCUT2D eigenvalue weighted by atomic mass is 9.66. The lowest BCUT2D eigenvalue weighted by Gasteiger charge is -2.43. The molecular weight excluding hydrogens is 258 g/mol. The van der Waals surface area contributed by atoms with Gasteiger partial charge in [0.05, 0.1) is 6.10 Å². The summed E-state index contributed by atoms with van der Waals surface area (Å²) in [6.45, 7) is 12.5. The van der Waals surface area contributed by atoms with Gasteiger partial charge in [0.15, 0.2) is 0 Å². The summed E-state index contributed by atoms with van der Waals surface area (Å²) in [5.74, 6) is 0.977. The molecule has 1 rings (SSSR count). The summed E-state index contributed by atoms with van der Waals surface area (Å²) in [4.78, 5) is 0. The first kappa shape index (κ1) is 19.0. The van der Waals surface area contributed by atoms with Gasteiger partial charge in [-0.1, -0.05) is 26.2 Å². The fourth-order valence-electron chi connectivity index (χ4n) is 3.67. The molecule has 0 radical (unpaired) electrons. The van der Waals surface area contributed by atoms with Crippen LogP contribution in [0, 0.1) is 11.3 Å². The summed E-state index contributed by atoms with van der Waals surface area (Å²) < 4.78 is 5.57. The third-order valence-electron chi connectivity index (χ3n) is 5.25. The summed E-state index contributed by atoms with van der Waals surface area (Å²) in [5.41, 5.74) is 0.661. The van der Waals surface area contributed by atoms with E-state index >= 15 is 0 Å². The van der Waals surface area contributed by atoms with E-state index in [9.17, 15) is 0 Å². The molecule has 0 heterocycles. The largest absolute Gasteiger partial charge is 0.382 e. The zero-order valence-electron chi connectivity index (χ0n) is 15.4. The third-order valence-corrected chi connectivity index (χ3v) is 5.25. The van der Waals surface area contributed by atoms with Crippen molar-refractivity contribution in [3.8, 4) is 0 Å². The second-order valence-electron chi connectivity index (χ2n) is 8.44. The Morgan fingerprint density at radius 1 is 1.24 bits per heavy atom. The smallest absolute Gasteiger partial charge is 0.0549 e. The third kappa shape index (κ3) is 7.15. The van der Waals surface area contributed by atoms with E-state index < -0.39 is 0 Å². The molecule has 126 valence electrons. The van der Waals surface area contributed by atoms with Gasteiger partial charge in [0, 0.05) is 19.2 Å². The minimum atomic E-state index is 0.211. The molecule has 0 aliphatic heterocycles. The summed E-state index contributed by atoms with van der Waals surface area (Å²) in [6, 6.07) is 0. The molecule has 0 bridgehead atoms. The SMILES string of the molecule is CCCCC1CCC(CNC(C)(C)C)(CC(C)OC)CC1. The van der Waals surface area contributed by atoms with E-state index in [1.807, 2.05) is 7.11 Å². The van der Waals surface area contributed by atoms with Crippen molar-refractivity contribution in [2.75, 3.05) is 13.7 Å². The van der Waals surface area contributed by atoms with E-state index in [1.165, 1.54) is 51.4 Å². The van der Waals surface area contributed by atoms with Crippen molar-refractivity contribution in [2.45, 2.75) is 97.6 Å². The molecule has 2 heteroatoms. The molecule has 0 aromatic rings. The summed E-state index contributed by atoms with van der Waals surface area (Å²) in [5, 5.41) is 3.76. The van der Waals surface area contributed by atoms with Gasteiger partial charge in [-0.2, -0.15) is 0 Å². The molecule has 0 aromatic heterocycles. The van der Waals surface area contributed by atoms with Crippen molar-refractivity contribution < 1.29 is 4.74 Å². The molecule has 1 N–H and O–H groups in total. The maximum absolute atomic E-state index is 5.57. The molecule has 0 spiro atoms. The first-order valence-electron chi connectivity index (χ1n) is 9.08. The van der Waals surface area contributed by atoms with Gasteiger partial charge in [-0.05, 0) is 71.1 Å². The maximum Gasteiger partial charge on any atom is 0.0549 e. The number of rotatable bonds is 8. The molecule has 2 nitrogen and oxygen atoms in total. The Kier molecular flexibility index (Phi) is 7.70. The Morgan fingerprint density at radius 3 is 2.33 bits per heavy atom. The van der Waals surface area contributed by atoms with Crippen LogP contribution < -0.4 is 5.32 Å². The number of ether oxygens (including phenoxy) is 1. The van der Waals surface area contributed by atoms with Crippen LogP contribution in [0.3, 0.4) is 0 Å². The number of unbranched alkanes of at least 4 members (excludes halogenated alkanes) is 1. The summed E-state index contributed by atoms with van der Waals surface area (Å²) in [7, 11) is 1.85. The quantitative estimate of drug-likeness (QED) is 0.667. The Bertz CT molecular complexity index is 274. The van der Waals surface area contributed by atoms with Crippen molar-refractivity contribution in [3.63, 3.8) is 0 Å². The topological polar surface area (TPSA) is 21.3 Å². The minimum absolute atomic E-state index is 0.211. The van der Waals surface area contributed by atoms with E-state index in [0.29, 0.717) is 11.5 Å². The molecule has 1 fully saturated rings. The highest BCUT2D eigenvalue weighted by atomic mass is 16.5. The second kappa shape index (κ2) is 8.53. The van der Waals surface area contributed by atoms with Crippen molar-refractivity contribution in [1.29, 1.82) is 0 Å². The van der Waals surface area contributed by atoms with E-state index in [4.69, 9.17) is 4.74 Å². The number of methoxy groups -OCH3 is 1. The van der Waals surface area contributed by atoms with E-state index in [-0.39, 0.29) is 5.54 Å². The van der Waals surface area contributed by atoms with Crippen LogP contribution in [0.25, 0.3) is 0 Å². The van der Waals surface area contributed by atoms with Crippen LogP contribution in [0.15, 0.2) is 0 Å². The van der Waals surface area contributed by atoms with Crippen LogP contribution in [-0.4, -0.2) is 25.3 Å². The predicted molar refractivity (Wildman–Crippen MR) is 92.8 cm³/mol. The van der Waals surface area contributed by atoms with Gasteiger partial charge < -0.3 is 10.1 Å². The van der Waals surface area contributed by atoms with Crippen molar-refractivity contribution in [3.05, 3.63) is 0 Å². The zero-order valence-corrected chi connectivity index (χ0v) is 15.4. The van der Waals surface area contributed by atoms with Crippen molar-refractivity contribution in [1.82, 2.24) is 5.32 Å². The van der Waals surface area contributed by atoms with Crippen LogP contribution in [0.2, 0.25) is 0 Å². The molecule has 1 aliphatic carbocycles. The van der Waals surface area contributed by atoms with Crippen LogP contribution in [0.4, 0.5) is 0 Å². The fourth-order valence-corrected chi connectivity index (χ4v) is 3.67. The molecule has 21 heavy (non-hydrogen) atoms. The minimum Gasteiger partial charge on any atom is -0.382 e. The lowest BCUT2D eigenvalue weighted by molar-refractivity contribution is 0.0319. The maximum atomic E-state index is 5.57. The normalized spacial score (nSPS) is 28.6. The van der Waals surface area contributed by atoms with E-state index in [2.05, 4.69) is 39.9 Å². The Morgan fingerprint density at radius 2 is 1.86 bits per heavy atom. The van der Waals surface area contributed by atoms with E-state index in [0.717, 1.165) is 12.5 Å². The van der Waals surface area contributed by atoms with Gasteiger partial charge in [-0.15, -0.1) is 0 Å². The highest BCUT2D eigenvalue weighted by Crippen LogP contribution is 2.44. The molecule has 0 amide bonds. The van der Waals surface area contributed by atoms with Gasteiger partial charge in [-0.3, -0.25) is 0 Å². The first-order valence-corrected chi connectivity index (χ1v) is 9.08. The molecular formula is C19H39NO. The monoisotopic (exact) mass is 297 g/mol. The van der Waals surface area contributed by atoms with Gasteiger partial charge in [0.2, 0.25) is 0 Å². The highest BCUT2D eigenvalue weighted by Gasteiger charge is 2.36. The average molecular weight is 298 g/mol. The van der Waals surface area contributed by atoms with E-state index in [1.54, 1.807) is 0 Å². The van der Waals surface area contributed by atoms with Gasteiger partial charge in [0.1, 0.15) is 0 Å². The van der Waals surface area contributed by atoms with Crippen molar-refractivity contribution >= 4 is 0 Å². The van der Waals surface area contributed by atoms with Crippen LogP contribution in [0.5, 0.6) is 0 Å². The number of hydrogen-bond acceptors (Lipinski definition) is 2. The number of nitrogens with one attached hydrogen (secondary N) is 1. The van der Waals surface area contributed by atoms with Crippen LogP contribution in [0.1, 0.15) is 86.0 Å². The molecule has 1 aliphatic rings. The lowest BCUT2D eigenvalue weighted by Crippen LogP contribution is -2.46. The molecule has 1 atom stereocenters. The van der Waals surface area contributed by atoms with Gasteiger partial charge >= 0.3 is 0 Å². The second-order valence-corrected chi connectivity index (χ2v) is 8.44. The average Bonchev–Trinajstić information content (AvgIpc) is 2.44. The summed E-state index contributed by atoms with van der Waals surface area (Å²) in [6.07, 6.45) is 11.4.